The molecule has 0 heteroatoms. The van der Waals surface area contributed by atoms with Crippen LogP contribution in [0.3, 0.4) is 0 Å². The normalized spacial score (nSPS) is 36.5. The lowest BCUT2D eigenvalue weighted by atomic mass is 9.76. The lowest BCUT2D eigenvalue weighted by Gasteiger charge is -2.28. The molecule has 0 aromatic rings. The van der Waals surface area contributed by atoms with Crippen molar-refractivity contribution < 1.29 is 0 Å². The van der Waals surface area contributed by atoms with E-state index in [1.807, 2.05) is 0 Å². The quantitative estimate of drug-likeness (QED) is 0.465. The predicted octanol–water partition coefficient (Wildman–Crippen LogP) is 3.63. The Morgan fingerprint density at radius 3 is 1.64 bits per heavy atom. The van der Waals surface area contributed by atoms with Gasteiger partial charge in [-0.15, -0.1) is 0 Å². The molecule has 0 aromatic heterocycles. The summed E-state index contributed by atoms with van der Waals surface area (Å²) in [5, 5.41) is 0. The maximum absolute atomic E-state index is 2.37. The zero-order chi connectivity index (χ0) is 8.81. The highest BCUT2D eigenvalue weighted by Crippen LogP contribution is 2.49. The summed E-state index contributed by atoms with van der Waals surface area (Å²) in [6.45, 7) is 14.0. The van der Waals surface area contributed by atoms with Gasteiger partial charge in [0.05, 0.1) is 0 Å². The fourth-order valence-corrected chi connectivity index (χ4v) is 2.19. The minimum absolute atomic E-state index is 0.434. The molecule has 0 radical (unpaired) electrons. The van der Waals surface area contributed by atoms with Crippen LogP contribution in [0.5, 0.6) is 0 Å². The van der Waals surface area contributed by atoms with Crippen molar-refractivity contribution in [2.45, 2.75) is 41.5 Å². The molecule has 64 valence electrons. The van der Waals surface area contributed by atoms with Gasteiger partial charge < -0.3 is 0 Å². The molecule has 1 aliphatic carbocycles. The van der Waals surface area contributed by atoms with Crippen LogP contribution in [0.1, 0.15) is 41.5 Å². The third-order valence-electron chi connectivity index (χ3n) is 4.13. The molecule has 0 unspecified atom stereocenters. The van der Waals surface area contributed by atoms with Crippen LogP contribution in [-0.2, 0) is 0 Å². The highest BCUT2D eigenvalue weighted by molar-refractivity contribution is 5.27. The first-order valence-corrected chi connectivity index (χ1v) is 4.57. The minimum atomic E-state index is 0.434. The van der Waals surface area contributed by atoms with Crippen molar-refractivity contribution in [2.24, 2.45) is 17.3 Å². The SMILES string of the molecule is CC1=C(C)C(C)(C)[C@H](C)[C@@H]1C. The van der Waals surface area contributed by atoms with Crippen LogP contribution in [0.4, 0.5) is 0 Å². The van der Waals surface area contributed by atoms with E-state index in [9.17, 15) is 0 Å². The predicted molar refractivity (Wildman–Crippen MR) is 50.5 cm³/mol. The van der Waals surface area contributed by atoms with Gasteiger partial charge in [-0.3, -0.25) is 0 Å². The van der Waals surface area contributed by atoms with E-state index in [4.69, 9.17) is 0 Å². The minimum Gasteiger partial charge on any atom is -0.0707 e. The monoisotopic (exact) mass is 152 g/mol. The third kappa shape index (κ3) is 1.04. The molecule has 2 atom stereocenters. The maximum atomic E-state index is 2.37. The second-order valence-corrected chi connectivity index (χ2v) is 4.61. The summed E-state index contributed by atoms with van der Waals surface area (Å²) in [7, 11) is 0. The molecule has 0 saturated carbocycles. The van der Waals surface area contributed by atoms with Crippen molar-refractivity contribution in [1.82, 2.24) is 0 Å². The van der Waals surface area contributed by atoms with E-state index in [1.165, 1.54) is 0 Å². The van der Waals surface area contributed by atoms with Crippen molar-refractivity contribution in [2.75, 3.05) is 0 Å². The van der Waals surface area contributed by atoms with Crippen LogP contribution in [-0.4, -0.2) is 0 Å². The molecule has 0 heterocycles. The van der Waals surface area contributed by atoms with E-state index in [0.29, 0.717) is 5.41 Å². The number of hydrogen-bond acceptors (Lipinski definition) is 0. The van der Waals surface area contributed by atoms with Crippen LogP contribution in [0.2, 0.25) is 0 Å². The topological polar surface area (TPSA) is 0 Å². The first-order chi connectivity index (χ1) is 4.89. The molecule has 0 aliphatic heterocycles. The summed E-state index contributed by atoms with van der Waals surface area (Å²) in [6.07, 6.45) is 0. The zero-order valence-electron chi connectivity index (χ0n) is 8.65. The average Bonchev–Trinajstić information content (AvgIpc) is 2.06. The second-order valence-electron chi connectivity index (χ2n) is 4.61. The van der Waals surface area contributed by atoms with Gasteiger partial charge in [-0.1, -0.05) is 38.8 Å². The van der Waals surface area contributed by atoms with Gasteiger partial charge in [-0.25, -0.2) is 0 Å². The fraction of sp³-hybridized carbons (Fsp3) is 0.818. The smallest absolute Gasteiger partial charge is 0.0114 e. The Morgan fingerprint density at radius 1 is 1.09 bits per heavy atom. The second kappa shape index (κ2) is 2.36. The average molecular weight is 152 g/mol. The van der Waals surface area contributed by atoms with Crippen molar-refractivity contribution >= 4 is 0 Å². The fourth-order valence-electron chi connectivity index (χ4n) is 2.19. The van der Waals surface area contributed by atoms with Crippen molar-refractivity contribution in [1.29, 1.82) is 0 Å². The summed E-state index contributed by atoms with van der Waals surface area (Å²) in [5.74, 6) is 1.59. The zero-order valence-corrected chi connectivity index (χ0v) is 8.65. The maximum Gasteiger partial charge on any atom is -0.0114 e. The lowest BCUT2D eigenvalue weighted by Crippen LogP contribution is -2.20. The Kier molecular flexibility index (Phi) is 1.90. The Bertz CT molecular complexity index is 196. The summed E-state index contributed by atoms with van der Waals surface area (Å²) >= 11 is 0. The van der Waals surface area contributed by atoms with Gasteiger partial charge in [0.2, 0.25) is 0 Å². The number of allylic oxidation sites excluding steroid dienone is 2. The summed E-state index contributed by atoms with van der Waals surface area (Å²) < 4.78 is 0. The summed E-state index contributed by atoms with van der Waals surface area (Å²) in [6, 6.07) is 0. The van der Waals surface area contributed by atoms with E-state index in [2.05, 4.69) is 41.5 Å². The number of hydrogen-bond donors (Lipinski definition) is 0. The van der Waals surface area contributed by atoms with Crippen molar-refractivity contribution in [3.8, 4) is 0 Å². The van der Waals surface area contributed by atoms with Gasteiger partial charge in [0.25, 0.3) is 0 Å². The van der Waals surface area contributed by atoms with Gasteiger partial charge in [0, 0.05) is 0 Å². The summed E-state index contributed by atoms with van der Waals surface area (Å²) in [5.41, 5.74) is 3.66. The Hall–Kier alpha value is -0.260. The van der Waals surface area contributed by atoms with Crippen LogP contribution in [0.25, 0.3) is 0 Å². The number of rotatable bonds is 0. The van der Waals surface area contributed by atoms with Crippen LogP contribution in [0.15, 0.2) is 11.1 Å². The van der Waals surface area contributed by atoms with Crippen LogP contribution >= 0.6 is 0 Å². The van der Waals surface area contributed by atoms with E-state index in [-0.39, 0.29) is 0 Å². The van der Waals surface area contributed by atoms with Crippen LogP contribution < -0.4 is 0 Å². The molecule has 0 N–H and O–H groups in total. The standard InChI is InChI=1S/C11H20/c1-7-8(2)10(4)11(5,6)9(7)3/h7,9H,1-6H3/t7-,9-/m1/s1. The van der Waals surface area contributed by atoms with Crippen LogP contribution in [0, 0.1) is 17.3 Å². The van der Waals surface area contributed by atoms with Gasteiger partial charge in [0.1, 0.15) is 0 Å². The lowest BCUT2D eigenvalue weighted by molar-refractivity contribution is 0.267. The first-order valence-electron chi connectivity index (χ1n) is 4.57. The molecule has 0 aromatic carbocycles. The highest BCUT2D eigenvalue weighted by Gasteiger charge is 2.39. The molecule has 0 saturated heterocycles. The van der Waals surface area contributed by atoms with Gasteiger partial charge in [-0.05, 0) is 31.1 Å². The Morgan fingerprint density at radius 2 is 1.55 bits per heavy atom. The van der Waals surface area contributed by atoms with Crippen molar-refractivity contribution in [3.05, 3.63) is 11.1 Å². The molecular weight excluding hydrogens is 132 g/mol. The molecule has 0 fully saturated rings. The van der Waals surface area contributed by atoms with Gasteiger partial charge in [-0.2, -0.15) is 0 Å². The van der Waals surface area contributed by atoms with E-state index in [0.717, 1.165) is 11.8 Å². The van der Waals surface area contributed by atoms with Gasteiger partial charge in [0.15, 0.2) is 0 Å². The highest BCUT2D eigenvalue weighted by atomic mass is 14.4. The van der Waals surface area contributed by atoms with E-state index >= 15 is 0 Å². The molecule has 1 aliphatic rings. The van der Waals surface area contributed by atoms with Gasteiger partial charge >= 0.3 is 0 Å². The Balaban J connectivity index is 3.06. The van der Waals surface area contributed by atoms with E-state index < -0.39 is 0 Å². The van der Waals surface area contributed by atoms with Crippen molar-refractivity contribution in [3.63, 3.8) is 0 Å². The molecule has 1 rings (SSSR count). The largest absolute Gasteiger partial charge is 0.0707 e. The first kappa shape index (κ1) is 8.83. The molecule has 0 bridgehead atoms. The molecule has 0 spiro atoms. The Labute approximate surface area is 70.7 Å². The summed E-state index contributed by atoms with van der Waals surface area (Å²) in [4.78, 5) is 0. The molecule has 0 amide bonds. The van der Waals surface area contributed by atoms with E-state index in [1.54, 1.807) is 11.1 Å². The molecule has 0 nitrogen and oxygen atoms in total. The molecular formula is C11H20. The third-order valence-corrected chi connectivity index (χ3v) is 4.13. The molecule has 11 heavy (non-hydrogen) atoms.